The lowest BCUT2D eigenvalue weighted by Crippen LogP contribution is -2.36. The standard InChI is InChI=1S/C21H19N3O2/c1-26-19-9-5-8-18-20(19)17(14-23-18)21(10-13-25,24-12-11-22-15-24)16-6-3-2-4-7-16/h2-9,11-15,23H,10H2,1H3. The van der Waals surface area contributed by atoms with E-state index in [-0.39, 0.29) is 6.42 Å². The molecule has 0 bridgehead atoms. The molecule has 0 aliphatic carbocycles. The van der Waals surface area contributed by atoms with Crippen LogP contribution in [0, 0.1) is 0 Å². The summed E-state index contributed by atoms with van der Waals surface area (Å²) in [5.41, 5.74) is 2.23. The van der Waals surface area contributed by atoms with Crippen molar-refractivity contribution in [2.24, 2.45) is 0 Å². The molecule has 0 saturated heterocycles. The first-order chi connectivity index (χ1) is 12.8. The van der Waals surface area contributed by atoms with E-state index in [1.54, 1.807) is 19.6 Å². The minimum Gasteiger partial charge on any atom is -0.496 e. The van der Waals surface area contributed by atoms with Crippen LogP contribution in [0.3, 0.4) is 0 Å². The minimum absolute atomic E-state index is 0.276. The Bertz CT molecular complexity index is 1020. The second-order valence-electron chi connectivity index (χ2n) is 6.15. The van der Waals surface area contributed by atoms with Crippen LogP contribution in [0.15, 0.2) is 73.4 Å². The van der Waals surface area contributed by atoms with Crippen LogP contribution in [-0.4, -0.2) is 27.9 Å². The van der Waals surface area contributed by atoms with Crippen LogP contribution in [0.25, 0.3) is 10.9 Å². The minimum atomic E-state index is -0.716. The fraction of sp³-hybridized carbons (Fsp3) is 0.143. The third kappa shape index (κ3) is 2.32. The van der Waals surface area contributed by atoms with Crippen molar-refractivity contribution in [2.45, 2.75) is 12.0 Å². The van der Waals surface area contributed by atoms with E-state index in [2.05, 4.69) is 9.97 Å². The van der Waals surface area contributed by atoms with Crippen molar-refractivity contribution < 1.29 is 9.53 Å². The number of imidazole rings is 1. The van der Waals surface area contributed by atoms with Crippen LogP contribution < -0.4 is 4.74 Å². The first-order valence-corrected chi connectivity index (χ1v) is 8.43. The number of aromatic amines is 1. The molecule has 2 aromatic carbocycles. The number of aromatic nitrogens is 3. The second kappa shape index (κ2) is 6.52. The Morgan fingerprint density at radius 2 is 2.04 bits per heavy atom. The van der Waals surface area contributed by atoms with Gasteiger partial charge in [0.2, 0.25) is 0 Å². The average Bonchev–Trinajstić information content (AvgIpc) is 3.37. The highest BCUT2D eigenvalue weighted by atomic mass is 16.5. The van der Waals surface area contributed by atoms with Crippen molar-refractivity contribution in [1.29, 1.82) is 0 Å². The Labute approximate surface area is 151 Å². The number of rotatable bonds is 6. The number of H-pyrrole nitrogens is 1. The number of benzene rings is 2. The van der Waals surface area contributed by atoms with E-state index >= 15 is 0 Å². The monoisotopic (exact) mass is 345 g/mol. The van der Waals surface area contributed by atoms with Gasteiger partial charge in [-0.1, -0.05) is 36.4 Å². The normalized spacial score (nSPS) is 13.4. The van der Waals surface area contributed by atoms with E-state index in [0.717, 1.165) is 34.1 Å². The van der Waals surface area contributed by atoms with E-state index < -0.39 is 5.54 Å². The van der Waals surface area contributed by atoms with Gasteiger partial charge in [-0.15, -0.1) is 0 Å². The fourth-order valence-electron chi connectivity index (χ4n) is 3.74. The second-order valence-corrected chi connectivity index (χ2v) is 6.15. The van der Waals surface area contributed by atoms with Crippen molar-refractivity contribution in [3.8, 4) is 5.75 Å². The van der Waals surface area contributed by atoms with E-state index in [4.69, 9.17) is 4.74 Å². The number of aldehydes is 1. The molecule has 2 heterocycles. The zero-order valence-electron chi connectivity index (χ0n) is 14.4. The first kappa shape index (κ1) is 16.1. The highest BCUT2D eigenvalue weighted by Gasteiger charge is 2.38. The summed E-state index contributed by atoms with van der Waals surface area (Å²) in [6.45, 7) is 0. The maximum Gasteiger partial charge on any atom is 0.128 e. The largest absolute Gasteiger partial charge is 0.496 e. The molecular formula is C21H19N3O2. The Morgan fingerprint density at radius 3 is 2.73 bits per heavy atom. The van der Waals surface area contributed by atoms with E-state index in [1.165, 1.54) is 0 Å². The number of carbonyl (C=O) groups excluding carboxylic acids is 1. The van der Waals surface area contributed by atoms with Gasteiger partial charge in [0.05, 0.1) is 13.4 Å². The van der Waals surface area contributed by atoms with Gasteiger partial charge in [0.25, 0.3) is 0 Å². The Kier molecular flexibility index (Phi) is 4.05. The van der Waals surface area contributed by atoms with Gasteiger partial charge in [-0.2, -0.15) is 0 Å². The van der Waals surface area contributed by atoms with E-state index in [9.17, 15) is 4.79 Å². The molecular weight excluding hydrogens is 326 g/mol. The lowest BCUT2D eigenvalue weighted by Gasteiger charge is -2.34. The fourth-order valence-corrected chi connectivity index (χ4v) is 3.74. The summed E-state index contributed by atoms with van der Waals surface area (Å²) in [7, 11) is 1.66. The Morgan fingerprint density at radius 1 is 1.19 bits per heavy atom. The molecule has 0 aliphatic heterocycles. The molecule has 0 amide bonds. The predicted molar refractivity (Wildman–Crippen MR) is 100 cm³/mol. The first-order valence-electron chi connectivity index (χ1n) is 8.43. The topological polar surface area (TPSA) is 59.9 Å². The molecule has 5 nitrogen and oxygen atoms in total. The molecule has 1 N–H and O–H groups in total. The Balaban J connectivity index is 2.11. The molecule has 1 unspecified atom stereocenters. The third-order valence-corrected chi connectivity index (χ3v) is 4.91. The van der Waals surface area contributed by atoms with Crippen molar-refractivity contribution >= 4 is 17.2 Å². The van der Waals surface area contributed by atoms with Crippen LogP contribution in [-0.2, 0) is 10.3 Å². The van der Waals surface area contributed by atoms with Gasteiger partial charge in [-0.3, -0.25) is 0 Å². The summed E-state index contributed by atoms with van der Waals surface area (Å²) in [5, 5.41) is 0.967. The van der Waals surface area contributed by atoms with Crippen LogP contribution in [0.2, 0.25) is 0 Å². The van der Waals surface area contributed by atoms with Crippen molar-refractivity contribution in [2.75, 3.05) is 7.11 Å². The van der Waals surface area contributed by atoms with Crippen LogP contribution >= 0.6 is 0 Å². The quantitative estimate of drug-likeness (QED) is 0.541. The number of ether oxygens (including phenoxy) is 1. The number of methoxy groups -OCH3 is 1. The molecule has 130 valence electrons. The van der Waals surface area contributed by atoms with Gasteiger partial charge in [0, 0.05) is 41.5 Å². The number of nitrogens with one attached hydrogen (secondary N) is 1. The van der Waals surface area contributed by atoms with Gasteiger partial charge in [-0.05, 0) is 17.7 Å². The molecule has 0 saturated carbocycles. The maximum atomic E-state index is 11.8. The van der Waals surface area contributed by atoms with E-state index in [1.807, 2.05) is 65.5 Å². The number of nitrogens with zero attached hydrogens (tertiary/aromatic N) is 2. The molecule has 2 aromatic heterocycles. The SMILES string of the molecule is COc1cccc2[nH]cc(C(CC=O)(c3ccccc3)n3ccnc3)c12. The molecule has 26 heavy (non-hydrogen) atoms. The van der Waals surface area contributed by atoms with Crippen LogP contribution in [0.5, 0.6) is 5.75 Å². The van der Waals surface area contributed by atoms with Crippen LogP contribution in [0.1, 0.15) is 17.5 Å². The predicted octanol–water partition coefficient (Wildman–Crippen LogP) is 3.75. The summed E-state index contributed by atoms with van der Waals surface area (Å²) in [4.78, 5) is 19.4. The van der Waals surface area contributed by atoms with Crippen molar-refractivity contribution in [1.82, 2.24) is 14.5 Å². The Hall–Kier alpha value is -3.34. The van der Waals surface area contributed by atoms with Crippen molar-refractivity contribution in [3.63, 3.8) is 0 Å². The highest BCUT2D eigenvalue weighted by Crippen LogP contribution is 2.43. The lowest BCUT2D eigenvalue weighted by molar-refractivity contribution is -0.108. The molecule has 0 fully saturated rings. The number of carbonyl (C=O) groups is 1. The summed E-state index contributed by atoms with van der Waals surface area (Å²) >= 11 is 0. The summed E-state index contributed by atoms with van der Waals surface area (Å²) in [5.74, 6) is 0.769. The number of hydrogen-bond acceptors (Lipinski definition) is 3. The molecule has 0 aliphatic rings. The van der Waals surface area contributed by atoms with Gasteiger partial charge < -0.3 is 19.1 Å². The molecule has 5 heteroatoms. The summed E-state index contributed by atoms with van der Waals surface area (Å²) in [6, 6.07) is 15.9. The maximum absolute atomic E-state index is 11.8. The number of hydrogen-bond donors (Lipinski definition) is 1. The molecule has 0 radical (unpaired) electrons. The lowest BCUT2D eigenvalue weighted by atomic mass is 9.79. The zero-order chi connectivity index (χ0) is 18.0. The van der Waals surface area contributed by atoms with Crippen LogP contribution in [0.4, 0.5) is 0 Å². The third-order valence-electron chi connectivity index (χ3n) is 4.91. The average molecular weight is 345 g/mol. The number of fused-ring (bicyclic) bond motifs is 1. The van der Waals surface area contributed by atoms with Gasteiger partial charge in [-0.25, -0.2) is 4.98 Å². The smallest absolute Gasteiger partial charge is 0.128 e. The zero-order valence-corrected chi connectivity index (χ0v) is 14.4. The van der Waals surface area contributed by atoms with Gasteiger partial charge >= 0.3 is 0 Å². The molecule has 0 spiro atoms. The molecule has 4 aromatic rings. The summed E-state index contributed by atoms with van der Waals surface area (Å²) < 4.78 is 7.61. The highest BCUT2D eigenvalue weighted by molar-refractivity contribution is 5.91. The van der Waals surface area contributed by atoms with E-state index in [0.29, 0.717) is 0 Å². The summed E-state index contributed by atoms with van der Waals surface area (Å²) in [6.07, 6.45) is 8.58. The van der Waals surface area contributed by atoms with Gasteiger partial charge in [0.15, 0.2) is 0 Å². The van der Waals surface area contributed by atoms with Gasteiger partial charge in [0.1, 0.15) is 17.6 Å². The van der Waals surface area contributed by atoms with Crippen molar-refractivity contribution in [3.05, 3.63) is 84.6 Å². The molecule has 1 atom stereocenters. The molecule has 4 rings (SSSR count).